The normalized spacial score (nSPS) is 39.3. The standard InChI is InChI=1S/C14H19NO4/c1-14(2,3)19-13(18)15-9(6-16)10-7-4-5-8(7)11(10)12(15)17/h4-5,7-11,16H,6H2,1-3H3/t7?,8-,9-,10-,11-/m1/s1. The molecule has 19 heavy (non-hydrogen) atoms. The molecule has 1 aliphatic heterocycles. The van der Waals surface area contributed by atoms with Crippen LogP contribution in [0.1, 0.15) is 20.8 Å². The number of imide groups is 1. The van der Waals surface area contributed by atoms with Crippen LogP contribution in [0.4, 0.5) is 4.79 Å². The van der Waals surface area contributed by atoms with Gasteiger partial charge in [-0.25, -0.2) is 9.69 Å². The molecular formula is C14H19NO4. The van der Waals surface area contributed by atoms with Crippen LogP contribution in [0, 0.1) is 23.7 Å². The zero-order valence-electron chi connectivity index (χ0n) is 11.4. The van der Waals surface area contributed by atoms with Crippen molar-refractivity contribution in [1.82, 2.24) is 4.90 Å². The number of likely N-dealkylation sites (tertiary alicyclic amines) is 1. The van der Waals surface area contributed by atoms with Crippen LogP contribution in [0.5, 0.6) is 0 Å². The summed E-state index contributed by atoms with van der Waals surface area (Å²) in [5.41, 5.74) is -0.643. The molecule has 3 aliphatic rings. The van der Waals surface area contributed by atoms with Crippen LogP contribution < -0.4 is 0 Å². The van der Waals surface area contributed by atoms with E-state index in [1.807, 2.05) is 6.08 Å². The van der Waals surface area contributed by atoms with Crippen molar-refractivity contribution in [2.75, 3.05) is 6.61 Å². The van der Waals surface area contributed by atoms with Gasteiger partial charge in [-0.05, 0) is 32.6 Å². The first-order valence-corrected chi connectivity index (χ1v) is 6.70. The zero-order valence-corrected chi connectivity index (χ0v) is 11.4. The molecule has 2 aliphatic carbocycles. The molecule has 5 atom stereocenters. The molecule has 1 saturated heterocycles. The summed E-state index contributed by atoms with van der Waals surface area (Å²) in [7, 11) is 0. The van der Waals surface area contributed by atoms with Gasteiger partial charge in [-0.1, -0.05) is 12.2 Å². The van der Waals surface area contributed by atoms with E-state index in [1.54, 1.807) is 20.8 Å². The number of rotatable bonds is 1. The second kappa shape index (κ2) is 3.82. The number of hydrogen-bond acceptors (Lipinski definition) is 4. The van der Waals surface area contributed by atoms with Crippen LogP contribution in [-0.4, -0.2) is 40.3 Å². The van der Waals surface area contributed by atoms with Gasteiger partial charge < -0.3 is 9.84 Å². The van der Waals surface area contributed by atoms with Gasteiger partial charge >= 0.3 is 6.09 Å². The topological polar surface area (TPSA) is 66.8 Å². The minimum Gasteiger partial charge on any atom is -0.443 e. The predicted molar refractivity (Wildman–Crippen MR) is 67.1 cm³/mol. The highest BCUT2D eigenvalue weighted by atomic mass is 16.6. The van der Waals surface area contributed by atoms with Gasteiger partial charge in [-0.3, -0.25) is 4.79 Å². The van der Waals surface area contributed by atoms with Crippen molar-refractivity contribution in [3.8, 4) is 0 Å². The van der Waals surface area contributed by atoms with E-state index in [4.69, 9.17) is 4.74 Å². The van der Waals surface area contributed by atoms with Gasteiger partial charge in [-0.2, -0.15) is 0 Å². The van der Waals surface area contributed by atoms with Crippen molar-refractivity contribution in [2.24, 2.45) is 23.7 Å². The Morgan fingerprint density at radius 2 is 2.00 bits per heavy atom. The highest BCUT2D eigenvalue weighted by Gasteiger charge is 2.66. The highest BCUT2D eigenvalue weighted by molar-refractivity contribution is 5.97. The Labute approximate surface area is 112 Å². The number of carbonyl (C=O) groups excluding carboxylic acids is 2. The van der Waals surface area contributed by atoms with E-state index >= 15 is 0 Å². The first kappa shape index (κ1) is 12.7. The molecule has 0 spiro atoms. The molecule has 1 saturated carbocycles. The summed E-state index contributed by atoms with van der Waals surface area (Å²) < 4.78 is 5.27. The molecule has 5 heteroatoms. The van der Waals surface area contributed by atoms with Crippen molar-refractivity contribution in [3.63, 3.8) is 0 Å². The van der Waals surface area contributed by atoms with Crippen molar-refractivity contribution < 1.29 is 19.4 Å². The number of aliphatic hydroxyl groups excluding tert-OH is 1. The van der Waals surface area contributed by atoms with E-state index in [9.17, 15) is 14.7 Å². The summed E-state index contributed by atoms with van der Waals surface area (Å²) in [6, 6.07) is -0.432. The van der Waals surface area contributed by atoms with E-state index in [0.717, 1.165) is 4.90 Å². The Balaban J connectivity index is 1.82. The molecule has 3 rings (SSSR count). The molecule has 0 aromatic rings. The smallest absolute Gasteiger partial charge is 0.417 e. The lowest BCUT2D eigenvalue weighted by molar-refractivity contribution is -0.135. The molecule has 0 bridgehead atoms. The number of ether oxygens (including phenoxy) is 1. The number of fused-ring (bicyclic) bond motifs is 4. The van der Waals surface area contributed by atoms with Crippen LogP contribution in [0.15, 0.2) is 12.2 Å². The Hall–Kier alpha value is -1.36. The molecule has 0 radical (unpaired) electrons. The van der Waals surface area contributed by atoms with Crippen LogP contribution in [0.3, 0.4) is 0 Å². The lowest BCUT2D eigenvalue weighted by atomic mass is 9.51. The van der Waals surface area contributed by atoms with Gasteiger partial charge in [0.25, 0.3) is 0 Å². The minimum atomic E-state index is -0.643. The third kappa shape index (κ3) is 1.64. The molecule has 2 amide bonds. The molecule has 104 valence electrons. The maximum Gasteiger partial charge on any atom is 0.417 e. The highest BCUT2D eigenvalue weighted by Crippen LogP contribution is 2.59. The summed E-state index contributed by atoms with van der Waals surface area (Å²) in [5, 5.41) is 9.53. The lowest BCUT2D eigenvalue weighted by Crippen LogP contribution is -2.52. The number of nitrogens with zero attached hydrogens (tertiary/aromatic N) is 1. The number of allylic oxidation sites excluding steroid dienone is 2. The molecule has 1 unspecified atom stereocenters. The van der Waals surface area contributed by atoms with E-state index in [-0.39, 0.29) is 30.3 Å². The Morgan fingerprint density at radius 3 is 2.47 bits per heavy atom. The Morgan fingerprint density at radius 1 is 1.37 bits per heavy atom. The van der Waals surface area contributed by atoms with Gasteiger partial charge in [0, 0.05) is 5.92 Å². The van der Waals surface area contributed by atoms with Crippen LogP contribution in [-0.2, 0) is 9.53 Å². The lowest BCUT2D eigenvalue weighted by Gasteiger charge is -2.51. The molecule has 1 heterocycles. The van der Waals surface area contributed by atoms with Gasteiger partial charge in [0.1, 0.15) is 5.60 Å². The molecule has 0 aromatic carbocycles. The average molecular weight is 265 g/mol. The second-order valence-electron chi connectivity index (χ2n) is 6.58. The maximum atomic E-state index is 12.3. The molecule has 2 fully saturated rings. The van der Waals surface area contributed by atoms with Gasteiger partial charge in [-0.15, -0.1) is 0 Å². The number of amides is 2. The van der Waals surface area contributed by atoms with Crippen molar-refractivity contribution in [1.29, 1.82) is 0 Å². The third-order valence-electron chi connectivity index (χ3n) is 4.35. The SMILES string of the molecule is CC(C)(C)OC(=O)N1C(=O)[C@H]2[C@H](C3C=C[C@H]32)[C@H]1CO. The molecule has 1 N–H and O–H groups in total. The van der Waals surface area contributed by atoms with Crippen molar-refractivity contribution in [3.05, 3.63) is 12.2 Å². The largest absolute Gasteiger partial charge is 0.443 e. The minimum absolute atomic E-state index is 0.0695. The summed E-state index contributed by atoms with van der Waals surface area (Å²) in [5.74, 6) is 0.348. The van der Waals surface area contributed by atoms with Crippen molar-refractivity contribution in [2.45, 2.75) is 32.4 Å². The number of carbonyl (C=O) groups is 2. The summed E-state index contributed by atoms with van der Waals surface area (Å²) in [4.78, 5) is 25.6. The van der Waals surface area contributed by atoms with E-state index in [1.165, 1.54) is 0 Å². The van der Waals surface area contributed by atoms with Gasteiger partial charge in [0.15, 0.2) is 0 Å². The monoisotopic (exact) mass is 265 g/mol. The Bertz CT molecular complexity index is 465. The molecule has 0 aromatic heterocycles. The van der Waals surface area contributed by atoms with Crippen LogP contribution in [0.25, 0.3) is 0 Å². The second-order valence-corrected chi connectivity index (χ2v) is 6.58. The van der Waals surface area contributed by atoms with Crippen molar-refractivity contribution >= 4 is 12.0 Å². The van der Waals surface area contributed by atoms with E-state index < -0.39 is 17.7 Å². The zero-order chi connectivity index (χ0) is 13.9. The molecular weight excluding hydrogens is 246 g/mol. The van der Waals surface area contributed by atoms with Crippen LogP contribution >= 0.6 is 0 Å². The fourth-order valence-corrected chi connectivity index (χ4v) is 3.52. The fourth-order valence-electron chi connectivity index (χ4n) is 3.52. The first-order valence-electron chi connectivity index (χ1n) is 6.70. The fraction of sp³-hybridized carbons (Fsp3) is 0.714. The van der Waals surface area contributed by atoms with Gasteiger partial charge in [0.05, 0.1) is 18.6 Å². The molecule has 5 nitrogen and oxygen atoms in total. The number of hydrogen-bond donors (Lipinski definition) is 1. The number of aliphatic hydroxyl groups is 1. The average Bonchev–Trinajstić information content (AvgIpc) is 2.48. The van der Waals surface area contributed by atoms with Gasteiger partial charge in [0.2, 0.25) is 5.91 Å². The third-order valence-corrected chi connectivity index (χ3v) is 4.35. The maximum absolute atomic E-state index is 12.3. The quantitative estimate of drug-likeness (QED) is 0.723. The summed E-state index contributed by atoms with van der Waals surface area (Å²) in [6.45, 7) is 5.10. The van der Waals surface area contributed by atoms with Crippen LogP contribution in [0.2, 0.25) is 0 Å². The Kier molecular flexibility index (Phi) is 2.55. The predicted octanol–water partition coefficient (Wildman–Crippen LogP) is 1.17. The summed E-state index contributed by atoms with van der Waals surface area (Å²) >= 11 is 0. The van der Waals surface area contributed by atoms with E-state index in [2.05, 4.69) is 6.08 Å². The summed E-state index contributed by atoms with van der Waals surface area (Å²) in [6.07, 6.45) is 3.46. The first-order chi connectivity index (χ1) is 8.85. The van der Waals surface area contributed by atoms with E-state index in [0.29, 0.717) is 5.92 Å².